The molecule has 3 aromatic rings. The van der Waals surface area contributed by atoms with E-state index in [9.17, 15) is 4.79 Å². The number of benzene rings is 2. The summed E-state index contributed by atoms with van der Waals surface area (Å²) in [6, 6.07) is 16.7. The highest BCUT2D eigenvalue weighted by molar-refractivity contribution is 5.92. The van der Waals surface area contributed by atoms with E-state index in [0.29, 0.717) is 6.54 Å². The Bertz CT molecular complexity index is 846. The van der Waals surface area contributed by atoms with E-state index in [-0.39, 0.29) is 5.91 Å². The third kappa shape index (κ3) is 4.30. The second kappa shape index (κ2) is 8.02. The number of amides is 1. The number of hydrogen-bond acceptors (Lipinski definition) is 1. The van der Waals surface area contributed by atoms with Gasteiger partial charge in [0.2, 0.25) is 5.91 Å². The number of fused-ring (bicyclic) bond motifs is 1. The van der Waals surface area contributed by atoms with Crippen LogP contribution in [0, 0.1) is 0 Å². The van der Waals surface area contributed by atoms with Gasteiger partial charge in [0.25, 0.3) is 0 Å². The van der Waals surface area contributed by atoms with Gasteiger partial charge in [-0.25, -0.2) is 0 Å². The predicted molar refractivity (Wildman–Crippen MR) is 105 cm³/mol. The number of carbonyl (C=O) groups excluding carboxylic acids is 1. The van der Waals surface area contributed by atoms with Gasteiger partial charge in [0.15, 0.2) is 0 Å². The van der Waals surface area contributed by atoms with E-state index in [1.165, 1.54) is 29.4 Å². The number of anilines is 1. The Morgan fingerprint density at radius 2 is 1.76 bits per heavy atom. The molecule has 0 saturated carbocycles. The van der Waals surface area contributed by atoms with Crippen LogP contribution in [0.15, 0.2) is 54.7 Å². The van der Waals surface area contributed by atoms with Crippen molar-refractivity contribution in [3.05, 3.63) is 65.9 Å². The second-order valence-corrected chi connectivity index (χ2v) is 6.54. The van der Waals surface area contributed by atoms with Gasteiger partial charge in [-0.1, -0.05) is 38.5 Å². The summed E-state index contributed by atoms with van der Waals surface area (Å²) in [5.74, 6) is -0.00150. The van der Waals surface area contributed by atoms with Crippen molar-refractivity contribution in [2.45, 2.75) is 46.1 Å². The fourth-order valence-corrected chi connectivity index (χ4v) is 3.10. The molecule has 1 aromatic heterocycles. The standard InChI is InChI=1S/C22H26N2O/c1-3-5-6-18-7-10-20(11-8-18)23-22(25)16-24-14-13-19-15-17(4-2)9-12-21(19)24/h7-15H,3-6,16H2,1-2H3,(H,23,25). The molecular weight excluding hydrogens is 308 g/mol. The van der Waals surface area contributed by atoms with Gasteiger partial charge in [-0.05, 0) is 66.1 Å². The number of unbranched alkanes of at least 4 members (excludes halogenated alkanes) is 1. The maximum atomic E-state index is 12.4. The average molecular weight is 334 g/mol. The minimum absolute atomic E-state index is 0.00150. The lowest BCUT2D eigenvalue weighted by molar-refractivity contribution is -0.116. The van der Waals surface area contributed by atoms with Crippen molar-refractivity contribution in [3.8, 4) is 0 Å². The van der Waals surface area contributed by atoms with Gasteiger partial charge in [-0.2, -0.15) is 0 Å². The molecule has 3 nitrogen and oxygen atoms in total. The number of aromatic nitrogens is 1. The minimum atomic E-state index is -0.00150. The summed E-state index contributed by atoms with van der Waals surface area (Å²) in [7, 11) is 0. The molecule has 0 fully saturated rings. The Kier molecular flexibility index (Phi) is 5.54. The number of aryl methyl sites for hydroxylation is 2. The second-order valence-electron chi connectivity index (χ2n) is 6.54. The summed E-state index contributed by atoms with van der Waals surface area (Å²) >= 11 is 0. The third-order valence-electron chi connectivity index (χ3n) is 4.61. The first-order chi connectivity index (χ1) is 12.2. The van der Waals surface area contributed by atoms with E-state index in [2.05, 4.69) is 55.6 Å². The summed E-state index contributed by atoms with van der Waals surface area (Å²) < 4.78 is 2.00. The lowest BCUT2D eigenvalue weighted by Gasteiger charge is -2.09. The molecule has 25 heavy (non-hydrogen) atoms. The predicted octanol–water partition coefficient (Wildman–Crippen LogP) is 5.19. The largest absolute Gasteiger partial charge is 0.338 e. The zero-order valence-electron chi connectivity index (χ0n) is 15.1. The Morgan fingerprint density at radius 1 is 1.00 bits per heavy atom. The molecule has 0 atom stereocenters. The van der Waals surface area contributed by atoms with Gasteiger partial charge in [0.05, 0.1) is 0 Å². The highest BCUT2D eigenvalue weighted by Crippen LogP contribution is 2.18. The van der Waals surface area contributed by atoms with Gasteiger partial charge < -0.3 is 9.88 Å². The average Bonchev–Trinajstić information content (AvgIpc) is 3.03. The Labute approximate surface area is 149 Å². The zero-order chi connectivity index (χ0) is 17.6. The highest BCUT2D eigenvalue weighted by Gasteiger charge is 2.07. The van der Waals surface area contributed by atoms with Gasteiger partial charge in [-0.3, -0.25) is 4.79 Å². The lowest BCUT2D eigenvalue weighted by atomic mass is 10.1. The topological polar surface area (TPSA) is 34.0 Å². The highest BCUT2D eigenvalue weighted by atomic mass is 16.1. The van der Waals surface area contributed by atoms with Crippen molar-refractivity contribution in [2.24, 2.45) is 0 Å². The number of nitrogens with one attached hydrogen (secondary N) is 1. The quantitative estimate of drug-likeness (QED) is 0.634. The lowest BCUT2D eigenvalue weighted by Crippen LogP contribution is -2.18. The molecular formula is C22H26N2O. The molecule has 1 amide bonds. The third-order valence-corrected chi connectivity index (χ3v) is 4.61. The molecule has 0 aliphatic heterocycles. The minimum Gasteiger partial charge on any atom is -0.338 e. The molecule has 2 aromatic carbocycles. The molecule has 0 aliphatic rings. The summed E-state index contributed by atoms with van der Waals surface area (Å²) in [4.78, 5) is 12.4. The first kappa shape index (κ1) is 17.3. The van der Waals surface area contributed by atoms with Crippen molar-refractivity contribution in [1.29, 1.82) is 0 Å². The maximum Gasteiger partial charge on any atom is 0.244 e. The van der Waals surface area contributed by atoms with Crippen molar-refractivity contribution in [3.63, 3.8) is 0 Å². The Hall–Kier alpha value is -2.55. The molecule has 0 aliphatic carbocycles. The van der Waals surface area contributed by atoms with E-state index in [0.717, 1.165) is 24.0 Å². The molecule has 1 heterocycles. The van der Waals surface area contributed by atoms with Crippen molar-refractivity contribution < 1.29 is 4.79 Å². The van der Waals surface area contributed by atoms with Crippen LogP contribution in [-0.2, 0) is 24.2 Å². The van der Waals surface area contributed by atoms with Gasteiger partial charge in [0, 0.05) is 17.4 Å². The van der Waals surface area contributed by atoms with E-state index < -0.39 is 0 Å². The molecule has 0 spiro atoms. The molecule has 130 valence electrons. The Balaban J connectivity index is 1.64. The van der Waals surface area contributed by atoms with E-state index >= 15 is 0 Å². The normalized spacial score (nSPS) is 11.0. The van der Waals surface area contributed by atoms with Crippen LogP contribution in [0.5, 0.6) is 0 Å². The van der Waals surface area contributed by atoms with Crippen LogP contribution in [0.3, 0.4) is 0 Å². The van der Waals surface area contributed by atoms with Crippen molar-refractivity contribution in [2.75, 3.05) is 5.32 Å². The Morgan fingerprint density at radius 3 is 2.48 bits per heavy atom. The fraction of sp³-hybridized carbons (Fsp3) is 0.318. The van der Waals surface area contributed by atoms with Crippen LogP contribution in [0.1, 0.15) is 37.8 Å². The van der Waals surface area contributed by atoms with E-state index in [1.54, 1.807) is 0 Å². The van der Waals surface area contributed by atoms with Gasteiger partial charge >= 0.3 is 0 Å². The van der Waals surface area contributed by atoms with E-state index in [1.807, 2.05) is 22.9 Å². The van der Waals surface area contributed by atoms with Crippen LogP contribution in [-0.4, -0.2) is 10.5 Å². The van der Waals surface area contributed by atoms with Crippen molar-refractivity contribution in [1.82, 2.24) is 4.57 Å². The molecule has 1 N–H and O–H groups in total. The molecule has 0 saturated heterocycles. The first-order valence-corrected chi connectivity index (χ1v) is 9.16. The first-order valence-electron chi connectivity index (χ1n) is 9.16. The number of nitrogens with zero attached hydrogens (tertiary/aromatic N) is 1. The van der Waals surface area contributed by atoms with Crippen molar-refractivity contribution >= 4 is 22.5 Å². The number of hydrogen-bond donors (Lipinski definition) is 1. The van der Waals surface area contributed by atoms with Crippen LogP contribution in [0.4, 0.5) is 5.69 Å². The molecule has 0 radical (unpaired) electrons. The molecule has 3 rings (SSSR count). The monoisotopic (exact) mass is 334 g/mol. The van der Waals surface area contributed by atoms with Gasteiger partial charge in [-0.15, -0.1) is 0 Å². The van der Waals surface area contributed by atoms with Crippen LogP contribution in [0.2, 0.25) is 0 Å². The molecule has 0 unspecified atom stereocenters. The van der Waals surface area contributed by atoms with Crippen LogP contribution >= 0.6 is 0 Å². The zero-order valence-corrected chi connectivity index (χ0v) is 15.1. The summed E-state index contributed by atoms with van der Waals surface area (Å²) in [6.07, 6.45) is 6.50. The fourth-order valence-electron chi connectivity index (χ4n) is 3.10. The van der Waals surface area contributed by atoms with E-state index in [4.69, 9.17) is 0 Å². The van der Waals surface area contributed by atoms with Gasteiger partial charge in [0.1, 0.15) is 6.54 Å². The summed E-state index contributed by atoms with van der Waals surface area (Å²) in [6.45, 7) is 4.67. The summed E-state index contributed by atoms with van der Waals surface area (Å²) in [5, 5.41) is 4.18. The maximum absolute atomic E-state index is 12.4. The van der Waals surface area contributed by atoms with Crippen LogP contribution in [0.25, 0.3) is 10.9 Å². The number of carbonyl (C=O) groups is 1. The SMILES string of the molecule is CCCCc1ccc(NC(=O)Cn2ccc3cc(CC)ccc32)cc1. The molecule has 0 bridgehead atoms. The van der Waals surface area contributed by atoms with Crippen LogP contribution < -0.4 is 5.32 Å². The summed E-state index contributed by atoms with van der Waals surface area (Å²) in [5.41, 5.74) is 4.60. The molecule has 3 heteroatoms. The number of rotatable bonds is 7. The smallest absolute Gasteiger partial charge is 0.244 e.